The van der Waals surface area contributed by atoms with Crippen molar-refractivity contribution in [1.82, 2.24) is 4.98 Å². The quantitative estimate of drug-likeness (QED) is 0.780. The van der Waals surface area contributed by atoms with Gasteiger partial charge in [0.15, 0.2) is 11.4 Å². The Hall–Kier alpha value is -0.900. The number of anilines is 1. The van der Waals surface area contributed by atoms with E-state index in [1.165, 1.54) is 37.0 Å². The predicted octanol–water partition coefficient (Wildman–Crippen LogP) is 3.67. The lowest BCUT2D eigenvalue weighted by Gasteiger charge is -2.40. The lowest BCUT2D eigenvalue weighted by atomic mass is 9.74. The van der Waals surface area contributed by atoms with Gasteiger partial charge in [-0.2, -0.15) is 0 Å². The molecule has 1 aliphatic heterocycles. The summed E-state index contributed by atoms with van der Waals surface area (Å²) in [6.45, 7) is 8.67. The molecule has 0 aromatic carbocycles. The van der Waals surface area contributed by atoms with Gasteiger partial charge in [0.1, 0.15) is 0 Å². The number of carbonyl (C=O) groups is 1. The van der Waals surface area contributed by atoms with Crippen molar-refractivity contribution in [3.05, 3.63) is 10.6 Å². The highest BCUT2D eigenvalue weighted by atomic mass is 32.1. The Morgan fingerprint density at radius 3 is 2.39 bits per heavy atom. The number of rotatable bonds is 4. The summed E-state index contributed by atoms with van der Waals surface area (Å²) in [5.74, 6) is 0. The van der Waals surface area contributed by atoms with E-state index in [2.05, 4.69) is 23.7 Å². The molecular formula is C14H22N2OS. The molecule has 1 aromatic heterocycles. The smallest absolute Gasteiger partial charge is 0.186 e. The van der Waals surface area contributed by atoms with Gasteiger partial charge in [0, 0.05) is 13.1 Å². The van der Waals surface area contributed by atoms with E-state index >= 15 is 0 Å². The van der Waals surface area contributed by atoms with Crippen LogP contribution in [0.5, 0.6) is 0 Å². The van der Waals surface area contributed by atoms with Crippen LogP contribution in [-0.2, 0) is 0 Å². The first-order chi connectivity index (χ1) is 8.64. The number of aryl methyl sites for hydroxylation is 1. The molecule has 0 saturated carbocycles. The van der Waals surface area contributed by atoms with Crippen molar-refractivity contribution in [3.8, 4) is 0 Å². The molecule has 1 aromatic rings. The Bertz CT molecular complexity index is 413. The van der Waals surface area contributed by atoms with E-state index in [-0.39, 0.29) is 0 Å². The van der Waals surface area contributed by atoms with Crippen molar-refractivity contribution >= 4 is 22.8 Å². The number of aldehydes is 1. The van der Waals surface area contributed by atoms with Gasteiger partial charge in [0.25, 0.3) is 0 Å². The lowest BCUT2D eigenvalue weighted by Crippen LogP contribution is -2.39. The summed E-state index contributed by atoms with van der Waals surface area (Å²) in [6, 6.07) is 0. The summed E-state index contributed by atoms with van der Waals surface area (Å²) in [4.78, 5) is 18.5. The molecule has 0 amide bonds. The molecule has 2 rings (SSSR count). The van der Waals surface area contributed by atoms with Gasteiger partial charge in [-0.05, 0) is 25.2 Å². The van der Waals surface area contributed by atoms with E-state index in [4.69, 9.17) is 0 Å². The number of aromatic nitrogens is 1. The molecule has 2 heterocycles. The van der Waals surface area contributed by atoms with Crippen molar-refractivity contribution in [1.29, 1.82) is 0 Å². The van der Waals surface area contributed by atoms with E-state index < -0.39 is 0 Å². The fourth-order valence-corrected chi connectivity index (χ4v) is 3.70. The highest BCUT2D eigenvalue weighted by molar-refractivity contribution is 7.17. The summed E-state index contributed by atoms with van der Waals surface area (Å²) in [5.41, 5.74) is 1.41. The molecule has 0 atom stereocenters. The fourth-order valence-electron chi connectivity index (χ4n) is 2.77. The number of thiazole rings is 1. The monoisotopic (exact) mass is 266 g/mol. The molecule has 0 N–H and O–H groups in total. The van der Waals surface area contributed by atoms with Crippen LogP contribution in [-0.4, -0.2) is 24.4 Å². The van der Waals surface area contributed by atoms with Gasteiger partial charge in [-0.15, -0.1) is 0 Å². The Morgan fingerprint density at radius 2 is 1.94 bits per heavy atom. The SMILES string of the molecule is CCC1(CC)CCN(c2nc(C)c(C=O)s2)CC1. The molecule has 100 valence electrons. The van der Waals surface area contributed by atoms with E-state index in [0.29, 0.717) is 5.41 Å². The van der Waals surface area contributed by atoms with Gasteiger partial charge in [0.2, 0.25) is 0 Å². The minimum atomic E-state index is 0.538. The van der Waals surface area contributed by atoms with Crippen LogP contribution in [0.1, 0.15) is 54.9 Å². The van der Waals surface area contributed by atoms with Gasteiger partial charge in [-0.25, -0.2) is 4.98 Å². The Labute approximate surface area is 113 Å². The van der Waals surface area contributed by atoms with E-state index in [1.54, 1.807) is 0 Å². The van der Waals surface area contributed by atoms with Crippen molar-refractivity contribution in [2.45, 2.75) is 46.5 Å². The number of hydrogen-bond donors (Lipinski definition) is 0. The van der Waals surface area contributed by atoms with Gasteiger partial charge in [-0.3, -0.25) is 4.79 Å². The molecule has 1 aliphatic rings. The van der Waals surface area contributed by atoms with Crippen molar-refractivity contribution in [3.63, 3.8) is 0 Å². The minimum Gasteiger partial charge on any atom is -0.348 e. The zero-order chi connectivity index (χ0) is 13.2. The molecule has 3 nitrogen and oxygen atoms in total. The van der Waals surface area contributed by atoms with Crippen LogP contribution in [0.3, 0.4) is 0 Å². The normalized spacial score (nSPS) is 18.9. The van der Waals surface area contributed by atoms with Crippen LogP contribution < -0.4 is 4.90 Å². The summed E-state index contributed by atoms with van der Waals surface area (Å²) >= 11 is 1.53. The lowest BCUT2D eigenvalue weighted by molar-refractivity contribution is 0.112. The standard InChI is InChI=1S/C14H22N2OS/c1-4-14(5-2)6-8-16(9-7-14)13-15-11(3)12(10-17)18-13/h10H,4-9H2,1-3H3. The molecule has 1 saturated heterocycles. The summed E-state index contributed by atoms with van der Waals surface area (Å²) in [7, 11) is 0. The summed E-state index contributed by atoms with van der Waals surface area (Å²) in [6.07, 6.45) is 5.95. The summed E-state index contributed by atoms with van der Waals surface area (Å²) in [5, 5.41) is 1.02. The Kier molecular flexibility index (Phi) is 4.05. The molecule has 0 bridgehead atoms. The second-order valence-corrected chi connectivity index (χ2v) is 6.27. The molecule has 0 unspecified atom stereocenters. The molecule has 0 aliphatic carbocycles. The van der Waals surface area contributed by atoms with Crippen molar-refractivity contribution in [2.24, 2.45) is 5.41 Å². The van der Waals surface area contributed by atoms with Crippen LogP contribution in [0.25, 0.3) is 0 Å². The van der Waals surface area contributed by atoms with Crippen LogP contribution in [0.2, 0.25) is 0 Å². The molecule has 0 radical (unpaired) electrons. The average molecular weight is 266 g/mol. The first-order valence-electron chi connectivity index (χ1n) is 6.81. The first kappa shape index (κ1) is 13.5. The number of hydrogen-bond acceptors (Lipinski definition) is 4. The third kappa shape index (κ3) is 2.44. The zero-order valence-corrected chi connectivity index (χ0v) is 12.3. The van der Waals surface area contributed by atoms with Gasteiger partial charge in [0.05, 0.1) is 10.6 Å². The average Bonchev–Trinajstić information content (AvgIpc) is 2.80. The second-order valence-electron chi connectivity index (χ2n) is 5.26. The Morgan fingerprint density at radius 1 is 1.33 bits per heavy atom. The third-order valence-electron chi connectivity index (χ3n) is 4.52. The minimum absolute atomic E-state index is 0.538. The highest BCUT2D eigenvalue weighted by Crippen LogP contribution is 2.39. The fraction of sp³-hybridized carbons (Fsp3) is 0.714. The maximum atomic E-state index is 10.9. The molecular weight excluding hydrogens is 244 g/mol. The largest absolute Gasteiger partial charge is 0.348 e. The second kappa shape index (κ2) is 5.39. The Balaban J connectivity index is 2.07. The number of nitrogens with zero attached hydrogens (tertiary/aromatic N) is 2. The maximum absolute atomic E-state index is 10.9. The van der Waals surface area contributed by atoms with Crippen LogP contribution in [0, 0.1) is 12.3 Å². The maximum Gasteiger partial charge on any atom is 0.186 e. The molecule has 4 heteroatoms. The van der Waals surface area contributed by atoms with E-state index in [0.717, 1.165) is 35.1 Å². The third-order valence-corrected chi connectivity index (χ3v) is 5.67. The molecule has 1 fully saturated rings. The van der Waals surface area contributed by atoms with E-state index in [9.17, 15) is 4.79 Å². The van der Waals surface area contributed by atoms with Crippen LogP contribution in [0.15, 0.2) is 0 Å². The number of piperidine rings is 1. The molecule has 18 heavy (non-hydrogen) atoms. The highest BCUT2D eigenvalue weighted by Gasteiger charge is 2.32. The van der Waals surface area contributed by atoms with Crippen molar-refractivity contribution < 1.29 is 4.79 Å². The zero-order valence-electron chi connectivity index (χ0n) is 11.5. The van der Waals surface area contributed by atoms with Gasteiger partial charge >= 0.3 is 0 Å². The van der Waals surface area contributed by atoms with Crippen molar-refractivity contribution in [2.75, 3.05) is 18.0 Å². The van der Waals surface area contributed by atoms with Crippen LogP contribution >= 0.6 is 11.3 Å². The van der Waals surface area contributed by atoms with Crippen LogP contribution in [0.4, 0.5) is 5.13 Å². The van der Waals surface area contributed by atoms with E-state index in [1.807, 2.05) is 6.92 Å². The van der Waals surface area contributed by atoms with Gasteiger partial charge in [-0.1, -0.05) is 38.0 Å². The first-order valence-corrected chi connectivity index (χ1v) is 7.63. The number of carbonyl (C=O) groups excluding carboxylic acids is 1. The molecule has 0 spiro atoms. The topological polar surface area (TPSA) is 33.2 Å². The predicted molar refractivity (Wildman–Crippen MR) is 76.7 cm³/mol. The van der Waals surface area contributed by atoms with Gasteiger partial charge < -0.3 is 4.90 Å². The summed E-state index contributed by atoms with van der Waals surface area (Å²) < 4.78 is 0.